The highest BCUT2D eigenvalue weighted by molar-refractivity contribution is 6.33. The van der Waals surface area contributed by atoms with Gasteiger partial charge in [0.15, 0.2) is 0 Å². The van der Waals surface area contributed by atoms with Crippen LogP contribution in [-0.2, 0) is 11.0 Å². The summed E-state index contributed by atoms with van der Waals surface area (Å²) in [5.41, 5.74) is -0.211. The average Bonchev–Trinajstić information content (AvgIpc) is 2.79. The summed E-state index contributed by atoms with van der Waals surface area (Å²) in [6.45, 7) is 3.92. The van der Waals surface area contributed by atoms with Gasteiger partial charge in [-0.3, -0.25) is 9.69 Å². The molecule has 33 heavy (non-hydrogen) atoms. The molecule has 1 saturated heterocycles. The van der Waals surface area contributed by atoms with Crippen molar-refractivity contribution < 1.29 is 18.0 Å². The third-order valence-corrected chi connectivity index (χ3v) is 7.06. The summed E-state index contributed by atoms with van der Waals surface area (Å²) >= 11 is 6.19. The summed E-state index contributed by atoms with van der Waals surface area (Å²) in [7, 11) is 0. The first kappa shape index (κ1) is 25.6. The summed E-state index contributed by atoms with van der Waals surface area (Å²) in [6.07, 6.45) is 2.38. The highest BCUT2D eigenvalue weighted by atomic mass is 35.5. The van der Waals surface area contributed by atoms with Gasteiger partial charge in [-0.1, -0.05) is 11.6 Å². The second kappa shape index (κ2) is 11.9. The van der Waals surface area contributed by atoms with E-state index in [1.165, 1.54) is 6.07 Å². The minimum atomic E-state index is -4.37. The monoisotopic (exact) mass is 484 g/mol. The number of carbonyl (C=O) groups is 1. The Hall–Kier alpha value is -1.98. The van der Waals surface area contributed by atoms with Crippen LogP contribution in [0.4, 0.5) is 18.9 Å². The number of unbranched alkanes of at least 4 members (excludes halogenated alkanes) is 1. The second-order valence-electron chi connectivity index (χ2n) is 9.08. The number of nitriles is 1. The van der Waals surface area contributed by atoms with E-state index in [4.69, 9.17) is 16.9 Å². The van der Waals surface area contributed by atoms with Crippen LogP contribution < -0.4 is 10.2 Å². The number of carbonyl (C=O) groups excluding carboxylic acids is 1. The van der Waals surface area contributed by atoms with Crippen molar-refractivity contribution in [3.05, 3.63) is 28.8 Å². The first-order valence-corrected chi connectivity index (χ1v) is 12.1. The minimum Gasteiger partial charge on any atom is -0.368 e. The van der Waals surface area contributed by atoms with Crippen LogP contribution in [0.5, 0.6) is 0 Å². The maximum Gasteiger partial charge on any atom is 0.416 e. The van der Waals surface area contributed by atoms with E-state index in [9.17, 15) is 18.0 Å². The molecule has 0 unspecified atom stereocenters. The van der Waals surface area contributed by atoms with Gasteiger partial charge in [-0.05, 0) is 69.2 Å². The molecule has 3 rings (SSSR count). The Morgan fingerprint density at radius 2 is 1.85 bits per heavy atom. The normalized spacial score (nSPS) is 22.1. The second-order valence-corrected chi connectivity index (χ2v) is 9.49. The van der Waals surface area contributed by atoms with E-state index in [0.29, 0.717) is 49.0 Å². The Bertz CT molecular complexity index is 826. The lowest BCUT2D eigenvalue weighted by molar-refractivity contribution is -0.137. The number of nitrogens with one attached hydrogen (secondary N) is 1. The first-order chi connectivity index (χ1) is 15.8. The Morgan fingerprint density at radius 1 is 1.15 bits per heavy atom. The zero-order chi connectivity index (χ0) is 23.8. The highest BCUT2D eigenvalue weighted by Crippen LogP contribution is 2.36. The number of benzene rings is 1. The minimum absolute atomic E-state index is 0.0486. The molecule has 1 saturated carbocycles. The maximum absolute atomic E-state index is 13.1. The van der Waals surface area contributed by atoms with Crippen molar-refractivity contribution in [2.75, 3.05) is 37.6 Å². The molecule has 1 amide bonds. The summed E-state index contributed by atoms with van der Waals surface area (Å²) < 4.78 is 39.2. The molecule has 1 aromatic rings. The van der Waals surface area contributed by atoms with E-state index < -0.39 is 11.7 Å². The Morgan fingerprint density at radius 3 is 2.48 bits per heavy atom. The molecule has 1 aliphatic heterocycles. The third kappa shape index (κ3) is 7.79. The molecule has 1 heterocycles. The lowest BCUT2D eigenvalue weighted by Gasteiger charge is -2.37. The van der Waals surface area contributed by atoms with Gasteiger partial charge in [0, 0.05) is 45.1 Å². The Kier molecular flexibility index (Phi) is 9.27. The predicted octanol–water partition coefficient (Wildman–Crippen LogP) is 5.24. The predicted molar refractivity (Wildman–Crippen MR) is 123 cm³/mol. The number of amides is 1. The van der Waals surface area contributed by atoms with Crippen LogP contribution in [0.1, 0.15) is 56.9 Å². The van der Waals surface area contributed by atoms with Crippen LogP contribution in [0, 0.1) is 17.2 Å². The van der Waals surface area contributed by atoms with E-state index in [1.807, 2.05) is 4.90 Å². The van der Waals surface area contributed by atoms with E-state index in [-0.39, 0.29) is 11.9 Å². The standard InChI is InChI=1S/C24H32ClF3N4O/c25-21-9-6-19(24(26,27)28)17-22(21)32-15-13-31(14-16-32)12-10-18-4-7-20(8-5-18)30-23(33)3-1-2-11-29/h6,9,17-18,20H,1-5,7-8,10,12-16H2,(H,30,33)/t18-,20-. The van der Waals surface area contributed by atoms with Gasteiger partial charge in [0.1, 0.15) is 0 Å². The zero-order valence-corrected chi connectivity index (χ0v) is 19.6. The van der Waals surface area contributed by atoms with Crippen molar-refractivity contribution in [2.24, 2.45) is 5.92 Å². The fraction of sp³-hybridized carbons (Fsp3) is 0.667. The van der Waals surface area contributed by atoms with Crippen LogP contribution in [0.25, 0.3) is 0 Å². The van der Waals surface area contributed by atoms with Gasteiger partial charge >= 0.3 is 6.18 Å². The SMILES string of the molecule is N#CCCCC(=O)N[C@H]1CC[C@H](CCN2CCN(c3cc(C(F)(F)F)ccc3Cl)CC2)CC1. The van der Waals surface area contributed by atoms with Crippen LogP contribution in [0.3, 0.4) is 0 Å². The van der Waals surface area contributed by atoms with E-state index >= 15 is 0 Å². The Labute approximate surface area is 198 Å². The molecule has 0 atom stereocenters. The molecule has 0 bridgehead atoms. The summed E-state index contributed by atoms with van der Waals surface area (Å²) in [5.74, 6) is 0.695. The number of hydrogen-bond acceptors (Lipinski definition) is 4. The average molecular weight is 485 g/mol. The van der Waals surface area contributed by atoms with Crippen molar-refractivity contribution in [2.45, 2.75) is 63.6 Å². The topological polar surface area (TPSA) is 59.4 Å². The molecule has 182 valence electrons. The summed E-state index contributed by atoms with van der Waals surface area (Å²) in [6, 6.07) is 5.81. The van der Waals surface area contributed by atoms with Gasteiger partial charge in [-0.25, -0.2) is 0 Å². The molecule has 0 aromatic heterocycles. The number of nitrogens with zero attached hydrogens (tertiary/aromatic N) is 3. The van der Waals surface area contributed by atoms with Gasteiger partial charge in [-0.2, -0.15) is 18.4 Å². The van der Waals surface area contributed by atoms with Crippen LogP contribution in [0.15, 0.2) is 18.2 Å². The molecule has 1 aromatic carbocycles. The number of anilines is 1. The number of rotatable bonds is 8. The fourth-order valence-corrected chi connectivity index (χ4v) is 4.97. The number of piperazine rings is 1. The lowest BCUT2D eigenvalue weighted by Crippen LogP contribution is -2.47. The Balaban J connectivity index is 1.36. The summed E-state index contributed by atoms with van der Waals surface area (Å²) in [4.78, 5) is 16.2. The van der Waals surface area contributed by atoms with Gasteiger partial charge in [-0.15, -0.1) is 0 Å². The summed E-state index contributed by atoms with van der Waals surface area (Å²) in [5, 5.41) is 12.0. The molecule has 1 N–H and O–H groups in total. The van der Waals surface area contributed by atoms with Crippen LogP contribution in [-0.4, -0.2) is 49.6 Å². The van der Waals surface area contributed by atoms with E-state index in [2.05, 4.69) is 16.3 Å². The van der Waals surface area contributed by atoms with Crippen molar-refractivity contribution >= 4 is 23.2 Å². The van der Waals surface area contributed by atoms with Gasteiger partial charge in [0.25, 0.3) is 0 Å². The van der Waals surface area contributed by atoms with Gasteiger partial charge in [0.2, 0.25) is 5.91 Å². The van der Waals surface area contributed by atoms with Crippen LogP contribution >= 0.6 is 11.6 Å². The quantitative estimate of drug-likeness (QED) is 0.513. The zero-order valence-electron chi connectivity index (χ0n) is 18.8. The molecule has 1 aliphatic carbocycles. The van der Waals surface area contributed by atoms with Crippen molar-refractivity contribution in [3.8, 4) is 6.07 Å². The van der Waals surface area contributed by atoms with Gasteiger partial charge in [0.05, 0.1) is 22.3 Å². The third-order valence-electron chi connectivity index (χ3n) is 6.74. The number of halogens is 4. The van der Waals surface area contributed by atoms with Crippen LogP contribution in [0.2, 0.25) is 5.02 Å². The molecular weight excluding hydrogens is 453 g/mol. The van der Waals surface area contributed by atoms with Crippen molar-refractivity contribution in [1.82, 2.24) is 10.2 Å². The highest BCUT2D eigenvalue weighted by Gasteiger charge is 2.32. The fourth-order valence-electron chi connectivity index (χ4n) is 4.73. The molecule has 2 aliphatic rings. The first-order valence-electron chi connectivity index (χ1n) is 11.8. The van der Waals surface area contributed by atoms with Gasteiger partial charge < -0.3 is 10.2 Å². The van der Waals surface area contributed by atoms with E-state index in [1.54, 1.807) is 0 Å². The number of alkyl halides is 3. The molecule has 2 fully saturated rings. The maximum atomic E-state index is 13.1. The molecule has 5 nitrogen and oxygen atoms in total. The van der Waals surface area contributed by atoms with Crippen molar-refractivity contribution in [1.29, 1.82) is 5.26 Å². The smallest absolute Gasteiger partial charge is 0.368 e. The molecule has 0 spiro atoms. The molecule has 9 heteroatoms. The largest absolute Gasteiger partial charge is 0.416 e. The van der Waals surface area contributed by atoms with E-state index in [0.717, 1.165) is 63.9 Å². The molecule has 0 radical (unpaired) electrons. The van der Waals surface area contributed by atoms with Crippen molar-refractivity contribution in [3.63, 3.8) is 0 Å². The lowest BCUT2D eigenvalue weighted by atomic mass is 9.84. The number of hydrogen-bond donors (Lipinski definition) is 1. The molecular formula is C24H32ClF3N4O.